The lowest BCUT2D eigenvalue weighted by Gasteiger charge is -2.04. The Labute approximate surface area is 124 Å². The van der Waals surface area contributed by atoms with Gasteiger partial charge < -0.3 is 10.5 Å². The Balaban J connectivity index is 1.71. The summed E-state index contributed by atoms with van der Waals surface area (Å²) in [5.74, 6) is -1.11. The van der Waals surface area contributed by atoms with Crippen molar-refractivity contribution in [3.8, 4) is 0 Å². The van der Waals surface area contributed by atoms with E-state index in [0.29, 0.717) is 5.01 Å². The SMILES string of the molecule is Nc1cc(C(=O)OCc2nc3ccccc3s2)ccc1F. The van der Waals surface area contributed by atoms with Gasteiger partial charge in [0.2, 0.25) is 0 Å². The van der Waals surface area contributed by atoms with Gasteiger partial charge in [-0.25, -0.2) is 14.2 Å². The summed E-state index contributed by atoms with van der Waals surface area (Å²) in [6.45, 7) is 0.0788. The lowest BCUT2D eigenvalue weighted by molar-refractivity contribution is 0.0472. The second-order valence-electron chi connectivity index (χ2n) is 4.39. The van der Waals surface area contributed by atoms with Crippen molar-refractivity contribution in [2.24, 2.45) is 0 Å². The first-order chi connectivity index (χ1) is 10.1. The number of para-hydroxylation sites is 1. The second kappa shape index (κ2) is 5.49. The van der Waals surface area contributed by atoms with Crippen molar-refractivity contribution in [3.63, 3.8) is 0 Å². The fourth-order valence-electron chi connectivity index (χ4n) is 1.86. The summed E-state index contributed by atoms with van der Waals surface area (Å²) < 4.78 is 19.3. The first kappa shape index (κ1) is 13.5. The van der Waals surface area contributed by atoms with Gasteiger partial charge in [-0.3, -0.25) is 0 Å². The van der Waals surface area contributed by atoms with E-state index >= 15 is 0 Å². The molecule has 3 rings (SSSR count). The molecule has 0 aliphatic rings. The van der Waals surface area contributed by atoms with Gasteiger partial charge in [0.25, 0.3) is 0 Å². The molecule has 0 radical (unpaired) electrons. The summed E-state index contributed by atoms with van der Waals surface area (Å²) in [5, 5.41) is 0.708. The van der Waals surface area contributed by atoms with Crippen LogP contribution < -0.4 is 5.73 Å². The minimum Gasteiger partial charge on any atom is -0.455 e. The number of hydrogen-bond acceptors (Lipinski definition) is 5. The lowest BCUT2D eigenvalue weighted by Crippen LogP contribution is -2.06. The average molecular weight is 302 g/mol. The minimum absolute atomic E-state index is 0.0788. The number of esters is 1. The van der Waals surface area contributed by atoms with E-state index in [1.54, 1.807) is 0 Å². The van der Waals surface area contributed by atoms with E-state index < -0.39 is 11.8 Å². The van der Waals surface area contributed by atoms with Gasteiger partial charge in [-0.1, -0.05) is 12.1 Å². The first-order valence-corrected chi connectivity index (χ1v) is 7.02. The Hall–Kier alpha value is -2.47. The molecule has 0 fully saturated rings. The van der Waals surface area contributed by atoms with Crippen molar-refractivity contribution < 1.29 is 13.9 Å². The van der Waals surface area contributed by atoms with Crippen LogP contribution in [0.4, 0.5) is 10.1 Å². The molecular formula is C15H11FN2O2S. The Morgan fingerprint density at radius 2 is 2.10 bits per heavy atom. The van der Waals surface area contributed by atoms with Crippen LogP contribution in [0.2, 0.25) is 0 Å². The molecule has 0 amide bonds. The maximum absolute atomic E-state index is 13.0. The molecule has 0 spiro atoms. The maximum atomic E-state index is 13.0. The Morgan fingerprint density at radius 3 is 2.86 bits per heavy atom. The summed E-state index contributed by atoms with van der Waals surface area (Å²) in [7, 11) is 0. The fraction of sp³-hybridized carbons (Fsp3) is 0.0667. The fourth-order valence-corrected chi connectivity index (χ4v) is 2.74. The molecule has 0 aliphatic carbocycles. The monoisotopic (exact) mass is 302 g/mol. The van der Waals surface area contributed by atoms with Crippen molar-refractivity contribution in [2.45, 2.75) is 6.61 Å². The number of nitrogen functional groups attached to an aromatic ring is 1. The molecule has 0 saturated carbocycles. The number of thiazole rings is 1. The smallest absolute Gasteiger partial charge is 0.338 e. The molecule has 106 valence electrons. The highest BCUT2D eigenvalue weighted by atomic mass is 32.1. The third kappa shape index (κ3) is 2.85. The van der Waals surface area contributed by atoms with E-state index in [4.69, 9.17) is 10.5 Å². The van der Waals surface area contributed by atoms with Crippen LogP contribution in [0.5, 0.6) is 0 Å². The molecule has 0 atom stereocenters. The summed E-state index contributed by atoms with van der Waals surface area (Å²) in [6.07, 6.45) is 0. The minimum atomic E-state index is -0.558. The number of nitrogens with zero attached hydrogens (tertiary/aromatic N) is 1. The topological polar surface area (TPSA) is 65.2 Å². The zero-order chi connectivity index (χ0) is 14.8. The summed E-state index contributed by atoms with van der Waals surface area (Å²) in [5.41, 5.74) is 6.44. The van der Waals surface area contributed by atoms with Gasteiger partial charge >= 0.3 is 5.97 Å². The Morgan fingerprint density at radius 1 is 1.29 bits per heavy atom. The van der Waals surface area contributed by atoms with E-state index in [1.807, 2.05) is 24.3 Å². The number of rotatable bonds is 3. The first-order valence-electron chi connectivity index (χ1n) is 6.20. The molecule has 4 nitrogen and oxygen atoms in total. The highest BCUT2D eigenvalue weighted by molar-refractivity contribution is 7.18. The van der Waals surface area contributed by atoms with Crippen molar-refractivity contribution >= 4 is 33.2 Å². The molecule has 1 aromatic heterocycles. The van der Waals surface area contributed by atoms with Crippen LogP contribution in [0.1, 0.15) is 15.4 Å². The van der Waals surface area contributed by atoms with E-state index in [0.717, 1.165) is 16.3 Å². The van der Waals surface area contributed by atoms with Gasteiger partial charge in [-0.05, 0) is 30.3 Å². The van der Waals surface area contributed by atoms with Crippen molar-refractivity contribution in [2.75, 3.05) is 5.73 Å². The molecule has 0 saturated heterocycles. The molecule has 0 bridgehead atoms. The molecular weight excluding hydrogens is 291 g/mol. The third-order valence-electron chi connectivity index (χ3n) is 2.90. The summed E-state index contributed by atoms with van der Waals surface area (Å²) in [4.78, 5) is 16.2. The molecule has 2 aromatic carbocycles. The van der Waals surface area contributed by atoms with Crippen molar-refractivity contribution in [1.29, 1.82) is 0 Å². The van der Waals surface area contributed by atoms with Crippen LogP contribution >= 0.6 is 11.3 Å². The third-order valence-corrected chi connectivity index (χ3v) is 3.91. The molecule has 2 N–H and O–H groups in total. The number of fused-ring (bicyclic) bond motifs is 1. The second-order valence-corrected chi connectivity index (χ2v) is 5.50. The van der Waals surface area contributed by atoms with Crippen LogP contribution in [-0.2, 0) is 11.3 Å². The summed E-state index contributed by atoms with van der Waals surface area (Å²) >= 11 is 1.47. The van der Waals surface area contributed by atoms with Gasteiger partial charge in [0.05, 0.1) is 21.5 Å². The number of carbonyl (C=O) groups excluding carboxylic acids is 1. The molecule has 1 heterocycles. The summed E-state index contributed by atoms with van der Waals surface area (Å²) in [6, 6.07) is 11.4. The van der Waals surface area contributed by atoms with Crippen molar-refractivity contribution in [1.82, 2.24) is 4.98 Å². The number of halogens is 1. The molecule has 3 aromatic rings. The van der Waals surface area contributed by atoms with Crippen molar-refractivity contribution in [3.05, 3.63) is 58.9 Å². The zero-order valence-corrected chi connectivity index (χ0v) is 11.7. The quantitative estimate of drug-likeness (QED) is 0.595. The molecule has 0 unspecified atom stereocenters. The normalized spacial score (nSPS) is 10.7. The predicted octanol–water partition coefficient (Wildman–Crippen LogP) is 3.37. The van der Waals surface area contributed by atoms with Crippen LogP contribution in [0.15, 0.2) is 42.5 Å². The zero-order valence-electron chi connectivity index (χ0n) is 10.9. The molecule has 21 heavy (non-hydrogen) atoms. The van der Waals surface area contributed by atoms with Crippen LogP contribution in [-0.4, -0.2) is 11.0 Å². The van der Waals surface area contributed by atoms with Gasteiger partial charge in [-0.2, -0.15) is 0 Å². The average Bonchev–Trinajstić information content (AvgIpc) is 2.90. The van der Waals surface area contributed by atoms with E-state index in [9.17, 15) is 9.18 Å². The number of benzene rings is 2. The van der Waals surface area contributed by atoms with Gasteiger partial charge in [0.15, 0.2) is 0 Å². The van der Waals surface area contributed by atoms with E-state index in [2.05, 4.69) is 4.98 Å². The lowest BCUT2D eigenvalue weighted by atomic mass is 10.2. The molecule has 0 aliphatic heterocycles. The number of aromatic nitrogens is 1. The predicted molar refractivity (Wildman–Crippen MR) is 79.6 cm³/mol. The number of hydrogen-bond donors (Lipinski definition) is 1. The van der Waals surface area contributed by atoms with Crippen LogP contribution in [0.3, 0.4) is 0 Å². The number of anilines is 1. The van der Waals surface area contributed by atoms with E-state index in [-0.39, 0.29) is 17.9 Å². The Bertz CT molecular complexity index is 783. The van der Waals surface area contributed by atoms with Gasteiger partial charge in [-0.15, -0.1) is 11.3 Å². The highest BCUT2D eigenvalue weighted by Gasteiger charge is 2.11. The van der Waals surface area contributed by atoms with Crippen LogP contribution in [0, 0.1) is 5.82 Å². The van der Waals surface area contributed by atoms with Gasteiger partial charge in [0, 0.05) is 0 Å². The number of carbonyl (C=O) groups is 1. The van der Waals surface area contributed by atoms with Gasteiger partial charge in [0.1, 0.15) is 17.4 Å². The van der Waals surface area contributed by atoms with E-state index in [1.165, 1.54) is 23.5 Å². The number of nitrogens with two attached hydrogens (primary N) is 1. The largest absolute Gasteiger partial charge is 0.455 e. The number of ether oxygens (including phenoxy) is 1. The Kier molecular flexibility index (Phi) is 3.53. The molecule has 6 heteroatoms. The maximum Gasteiger partial charge on any atom is 0.338 e. The van der Waals surface area contributed by atoms with Crippen LogP contribution in [0.25, 0.3) is 10.2 Å². The highest BCUT2D eigenvalue weighted by Crippen LogP contribution is 2.22. The standard InChI is InChI=1S/C15H11FN2O2S/c16-10-6-5-9(7-11(10)17)15(19)20-8-14-18-12-3-1-2-4-13(12)21-14/h1-7H,8,17H2.